The Labute approximate surface area is 125 Å². The van der Waals surface area contributed by atoms with Crippen molar-refractivity contribution in [3.05, 3.63) is 52.2 Å². The molecule has 0 aliphatic carbocycles. The summed E-state index contributed by atoms with van der Waals surface area (Å²) in [5, 5.41) is 5.76. The minimum absolute atomic E-state index is 0.186. The van der Waals surface area contributed by atoms with Crippen LogP contribution in [0.4, 0.5) is 0 Å². The zero-order chi connectivity index (χ0) is 14.4. The summed E-state index contributed by atoms with van der Waals surface area (Å²) in [7, 11) is 0. The summed E-state index contributed by atoms with van der Waals surface area (Å²) in [6.07, 6.45) is 1.31. The van der Waals surface area contributed by atoms with Gasteiger partial charge >= 0.3 is 0 Å². The van der Waals surface area contributed by atoms with Crippen LogP contribution in [0.2, 0.25) is 0 Å². The Balaban J connectivity index is 2.33. The van der Waals surface area contributed by atoms with Gasteiger partial charge in [0, 0.05) is 10.4 Å². The van der Waals surface area contributed by atoms with Crippen molar-refractivity contribution in [1.82, 2.24) is 5.32 Å². The van der Waals surface area contributed by atoms with Gasteiger partial charge in [-0.25, -0.2) is 0 Å². The molecule has 108 valence electrons. The highest BCUT2D eigenvalue weighted by atomic mass is 32.1. The largest absolute Gasteiger partial charge is 0.491 e. The van der Waals surface area contributed by atoms with E-state index in [9.17, 15) is 0 Å². The van der Waals surface area contributed by atoms with Crippen LogP contribution in [-0.2, 0) is 0 Å². The van der Waals surface area contributed by atoms with Crippen molar-refractivity contribution in [2.45, 2.75) is 39.3 Å². The van der Waals surface area contributed by atoms with E-state index in [4.69, 9.17) is 4.74 Å². The summed E-state index contributed by atoms with van der Waals surface area (Å²) in [4.78, 5) is 1.33. The summed E-state index contributed by atoms with van der Waals surface area (Å²) in [5.74, 6) is 0.976. The van der Waals surface area contributed by atoms with E-state index in [1.165, 1.54) is 10.4 Å². The van der Waals surface area contributed by atoms with E-state index in [0.29, 0.717) is 0 Å². The number of hydrogen-bond donors (Lipinski definition) is 1. The third kappa shape index (κ3) is 3.84. The van der Waals surface area contributed by atoms with Crippen molar-refractivity contribution in [2.24, 2.45) is 0 Å². The van der Waals surface area contributed by atoms with Crippen LogP contribution in [0, 0.1) is 0 Å². The van der Waals surface area contributed by atoms with Gasteiger partial charge in [-0.2, -0.15) is 0 Å². The van der Waals surface area contributed by atoms with Gasteiger partial charge in [0.05, 0.1) is 12.1 Å². The normalized spacial score (nSPS) is 12.6. The first-order chi connectivity index (χ1) is 9.72. The standard InChI is InChI=1S/C17H23NOS/c1-4-11-18-17(16-10-7-12-20-16)14-8-5-6-9-15(14)19-13(2)3/h5-10,12-13,17-18H,4,11H2,1-3H3. The number of nitrogens with one attached hydrogen (secondary N) is 1. The highest BCUT2D eigenvalue weighted by Crippen LogP contribution is 2.32. The quantitative estimate of drug-likeness (QED) is 0.802. The molecule has 0 saturated carbocycles. The van der Waals surface area contributed by atoms with E-state index in [0.717, 1.165) is 18.7 Å². The lowest BCUT2D eigenvalue weighted by molar-refractivity contribution is 0.238. The molecule has 1 unspecified atom stereocenters. The molecule has 1 N–H and O–H groups in total. The van der Waals surface area contributed by atoms with Gasteiger partial charge in [-0.05, 0) is 44.3 Å². The molecule has 0 saturated heterocycles. The Morgan fingerprint density at radius 3 is 2.60 bits per heavy atom. The number of hydrogen-bond acceptors (Lipinski definition) is 3. The van der Waals surface area contributed by atoms with E-state index in [1.807, 2.05) is 6.07 Å². The van der Waals surface area contributed by atoms with Crippen LogP contribution >= 0.6 is 11.3 Å². The third-order valence-electron chi connectivity index (χ3n) is 3.02. The molecule has 0 spiro atoms. The first-order valence-corrected chi connectivity index (χ1v) is 8.12. The van der Waals surface area contributed by atoms with Crippen LogP contribution in [-0.4, -0.2) is 12.6 Å². The summed E-state index contributed by atoms with van der Waals surface area (Å²) < 4.78 is 5.97. The maximum absolute atomic E-state index is 5.97. The average molecular weight is 289 g/mol. The van der Waals surface area contributed by atoms with E-state index in [2.05, 4.69) is 61.8 Å². The number of para-hydroxylation sites is 1. The zero-order valence-electron chi connectivity index (χ0n) is 12.4. The van der Waals surface area contributed by atoms with Crippen LogP contribution in [0.1, 0.15) is 43.7 Å². The topological polar surface area (TPSA) is 21.3 Å². The lowest BCUT2D eigenvalue weighted by Crippen LogP contribution is -2.23. The van der Waals surface area contributed by atoms with Crippen molar-refractivity contribution >= 4 is 11.3 Å². The second kappa shape index (κ2) is 7.46. The van der Waals surface area contributed by atoms with Gasteiger partial charge in [0.2, 0.25) is 0 Å². The Morgan fingerprint density at radius 2 is 1.95 bits per heavy atom. The van der Waals surface area contributed by atoms with Crippen LogP contribution in [0.25, 0.3) is 0 Å². The molecule has 1 aromatic heterocycles. The Kier molecular flexibility index (Phi) is 5.62. The van der Waals surface area contributed by atoms with Crippen molar-refractivity contribution in [2.75, 3.05) is 6.54 Å². The maximum Gasteiger partial charge on any atom is 0.124 e. The molecule has 3 heteroatoms. The minimum atomic E-state index is 0.186. The molecule has 20 heavy (non-hydrogen) atoms. The Bertz CT molecular complexity index is 507. The lowest BCUT2D eigenvalue weighted by Gasteiger charge is -2.22. The average Bonchev–Trinajstić information content (AvgIpc) is 2.94. The van der Waals surface area contributed by atoms with Gasteiger partial charge < -0.3 is 10.1 Å². The smallest absolute Gasteiger partial charge is 0.124 e. The van der Waals surface area contributed by atoms with Gasteiger partial charge in [-0.15, -0.1) is 11.3 Å². The maximum atomic E-state index is 5.97. The van der Waals surface area contributed by atoms with Gasteiger partial charge in [0.25, 0.3) is 0 Å². The van der Waals surface area contributed by atoms with Crippen LogP contribution in [0.3, 0.4) is 0 Å². The van der Waals surface area contributed by atoms with Crippen LogP contribution < -0.4 is 10.1 Å². The molecular formula is C17H23NOS. The molecule has 0 amide bonds. The summed E-state index contributed by atoms with van der Waals surface area (Å²) in [6.45, 7) is 7.32. The summed E-state index contributed by atoms with van der Waals surface area (Å²) in [5.41, 5.74) is 1.22. The molecular weight excluding hydrogens is 266 g/mol. The molecule has 0 aliphatic rings. The molecule has 2 rings (SSSR count). The first-order valence-electron chi connectivity index (χ1n) is 7.24. The number of rotatable bonds is 7. The first kappa shape index (κ1) is 15.1. The molecule has 0 bridgehead atoms. The van der Waals surface area contributed by atoms with Gasteiger partial charge in [0.1, 0.15) is 5.75 Å². The van der Waals surface area contributed by atoms with E-state index < -0.39 is 0 Å². The molecule has 1 aromatic carbocycles. The number of thiophene rings is 1. The zero-order valence-corrected chi connectivity index (χ0v) is 13.2. The number of benzene rings is 1. The molecule has 0 aliphatic heterocycles. The third-order valence-corrected chi connectivity index (χ3v) is 3.96. The molecule has 0 radical (unpaired) electrons. The highest BCUT2D eigenvalue weighted by Gasteiger charge is 2.18. The fourth-order valence-corrected chi connectivity index (χ4v) is 3.01. The van der Waals surface area contributed by atoms with Crippen molar-refractivity contribution in [3.63, 3.8) is 0 Å². The second-order valence-electron chi connectivity index (χ2n) is 5.11. The van der Waals surface area contributed by atoms with E-state index >= 15 is 0 Å². The monoisotopic (exact) mass is 289 g/mol. The highest BCUT2D eigenvalue weighted by molar-refractivity contribution is 7.10. The fraction of sp³-hybridized carbons (Fsp3) is 0.412. The summed E-state index contributed by atoms with van der Waals surface area (Å²) >= 11 is 1.79. The second-order valence-corrected chi connectivity index (χ2v) is 6.09. The Hall–Kier alpha value is -1.32. The molecule has 1 atom stereocenters. The summed E-state index contributed by atoms with van der Waals surface area (Å²) in [6, 6.07) is 12.8. The van der Waals surface area contributed by atoms with Gasteiger partial charge in [-0.1, -0.05) is 31.2 Å². The minimum Gasteiger partial charge on any atom is -0.491 e. The predicted molar refractivity (Wildman–Crippen MR) is 86.7 cm³/mol. The van der Waals surface area contributed by atoms with Gasteiger partial charge in [-0.3, -0.25) is 0 Å². The Morgan fingerprint density at radius 1 is 1.15 bits per heavy atom. The molecule has 2 nitrogen and oxygen atoms in total. The van der Waals surface area contributed by atoms with Crippen molar-refractivity contribution in [1.29, 1.82) is 0 Å². The van der Waals surface area contributed by atoms with Crippen LogP contribution in [0.15, 0.2) is 41.8 Å². The van der Waals surface area contributed by atoms with E-state index in [1.54, 1.807) is 11.3 Å². The molecule has 2 aromatic rings. The lowest BCUT2D eigenvalue weighted by atomic mass is 10.0. The van der Waals surface area contributed by atoms with Crippen LogP contribution in [0.5, 0.6) is 5.75 Å². The van der Waals surface area contributed by atoms with Crippen molar-refractivity contribution in [3.8, 4) is 5.75 Å². The predicted octanol–water partition coefficient (Wildman–Crippen LogP) is 4.62. The number of ether oxygens (including phenoxy) is 1. The fourth-order valence-electron chi connectivity index (χ4n) is 2.19. The van der Waals surface area contributed by atoms with Crippen molar-refractivity contribution < 1.29 is 4.74 Å². The molecule has 0 fully saturated rings. The van der Waals surface area contributed by atoms with E-state index in [-0.39, 0.29) is 12.1 Å². The SMILES string of the molecule is CCCNC(c1cccs1)c1ccccc1OC(C)C. The van der Waals surface area contributed by atoms with Gasteiger partial charge in [0.15, 0.2) is 0 Å². The molecule has 1 heterocycles.